The molecule has 0 bridgehead atoms. The van der Waals surface area contributed by atoms with E-state index in [1.165, 1.54) is 0 Å². The van der Waals surface area contributed by atoms with Gasteiger partial charge in [-0.15, -0.1) is 0 Å². The molecule has 4 heteroatoms. The van der Waals surface area contributed by atoms with Crippen molar-refractivity contribution in [2.24, 2.45) is 5.92 Å². The number of hydrogen-bond donors (Lipinski definition) is 1. The molecule has 1 N–H and O–H groups in total. The van der Waals surface area contributed by atoms with E-state index in [0.717, 1.165) is 25.7 Å². The summed E-state index contributed by atoms with van der Waals surface area (Å²) in [5, 5.41) is 9.37. The molecule has 0 amide bonds. The fourth-order valence-corrected chi connectivity index (χ4v) is 2.08. The Balaban J connectivity index is 2.12. The highest BCUT2D eigenvalue weighted by Crippen LogP contribution is 2.30. The van der Waals surface area contributed by atoms with E-state index in [2.05, 4.69) is 0 Å². The number of alkyl halides is 3. The number of aliphatic hydroxyl groups is 1. The average Bonchev–Trinajstić information content (AvgIpc) is 2.52. The molecular formula is C10H17F3O. The van der Waals surface area contributed by atoms with Gasteiger partial charge in [0.1, 0.15) is 0 Å². The largest absolute Gasteiger partial charge is 0.393 e. The molecule has 1 rings (SSSR count). The van der Waals surface area contributed by atoms with Crippen molar-refractivity contribution in [3.63, 3.8) is 0 Å². The van der Waals surface area contributed by atoms with Crippen molar-refractivity contribution < 1.29 is 18.3 Å². The Morgan fingerprint density at radius 1 is 1.21 bits per heavy atom. The quantitative estimate of drug-likeness (QED) is 0.755. The van der Waals surface area contributed by atoms with E-state index in [0.29, 0.717) is 12.3 Å². The van der Waals surface area contributed by atoms with Crippen molar-refractivity contribution in [2.75, 3.05) is 0 Å². The summed E-state index contributed by atoms with van der Waals surface area (Å²) in [6.45, 7) is 0. The average molecular weight is 210 g/mol. The molecule has 0 aliphatic heterocycles. The Hall–Kier alpha value is -0.250. The second-order valence-electron chi connectivity index (χ2n) is 4.19. The summed E-state index contributed by atoms with van der Waals surface area (Å²) in [4.78, 5) is 0. The van der Waals surface area contributed by atoms with Crippen LogP contribution in [0.25, 0.3) is 0 Å². The zero-order valence-corrected chi connectivity index (χ0v) is 8.19. The monoisotopic (exact) mass is 210 g/mol. The van der Waals surface area contributed by atoms with Crippen molar-refractivity contribution in [2.45, 2.75) is 57.2 Å². The molecule has 1 saturated carbocycles. The smallest absolute Gasteiger partial charge is 0.389 e. The molecule has 0 spiro atoms. The van der Waals surface area contributed by atoms with Crippen LogP contribution in [-0.2, 0) is 0 Å². The Morgan fingerprint density at radius 3 is 2.29 bits per heavy atom. The van der Waals surface area contributed by atoms with Crippen LogP contribution in [0.5, 0.6) is 0 Å². The van der Waals surface area contributed by atoms with Gasteiger partial charge in [-0.05, 0) is 18.8 Å². The second-order valence-corrected chi connectivity index (χ2v) is 4.19. The summed E-state index contributed by atoms with van der Waals surface area (Å²) in [6.07, 6.45) is -0.868. The van der Waals surface area contributed by atoms with Gasteiger partial charge >= 0.3 is 6.18 Å². The van der Waals surface area contributed by atoms with Crippen LogP contribution in [-0.4, -0.2) is 17.4 Å². The minimum atomic E-state index is -4.13. The zero-order valence-electron chi connectivity index (χ0n) is 8.19. The van der Waals surface area contributed by atoms with E-state index < -0.39 is 18.7 Å². The maximum Gasteiger partial charge on any atom is 0.389 e. The fraction of sp³-hybridized carbons (Fsp3) is 1.00. The van der Waals surface area contributed by atoms with E-state index in [9.17, 15) is 18.3 Å². The molecule has 1 unspecified atom stereocenters. The normalized spacial score (nSPS) is 21.4. The van der Waals surface area contributed by atoms with Crippen LogP contribution in [0, 0.1) is 5.92 Å². The molecule has 0 aromatic carbocycles. The van der Waals surface area contributed by atoms with Crippen molar-refractivity contribution in [1.29, 1.82) is 0 Å². The van der Waals surface area contributed by atoms with Crippen LogP contribution in [0.15, 0.2) is 0 Å². The van der Waals surface area contributed by atoms with Gasteiger partial charge in [-0.25, -0.2) is 0 Å². The van der Waals surface area contributed by atoms with E-state index in [4.69, 9.17) is 0 Å². The highest BCUT2D eigenvalue weighted by atomic mass is 19.4. The van der Waals surface area contributed by atoms with E-state index in [1.54, 1.807) is 0 Å². The van der Waals surface area contributed by atoms with Gasteiger partial charge in [0.05, 0.1) is 6.10 Å². The molecule has 1 nitrogen and oxygen atoms in total. The second kappa shape index (κ2) is 5.01. The molecule has 0 radical (unpaired) electrons. The molecule has 1 aliphatic rings. The van der Waals surface area contributed by atoms with Crippen LogP contribution in [0.2, 0.25) is 0 Å². The molecule has 84 valence electrons. The molecule has 0 heterocycles. The molecule has 1 aliphatic carbocycles. The Kier molecular flexibility index (Phi) is 4.23. The third-order valence-corrected chi connectivity index (χ3v) is 2.84. The zero-order chi connectivity index (χ0) is 10.6. The minimum absolute atomic E-state index is 0.139. The molecule has 0 aromatic rings. The first-order valence-corrected chi connectivity index (χ1v) is 5.22. The molecular weight excluding hydrogens is 193 g/mol. The summed E-state index contributed by atoms with van der Waals surface area (Å²) in [5.74, 6) is 0.457. The highest BCUT2D eigenvalue weighted by Gasteiger charge is 2.28. The van der Waals surface area contributed by atoms with Crippen LogP contribution in [0.3, 0.4) is 0 Å². The van der Waals surface area contributed by atoms with Gasteiger partial charge in [0.25, 0.3) is 0 Å². The topological polar surface area (TPSA) is 20.2 Å². The Morgan fingerprint density at radius 2 is 1.79 bits per heavy atom. The number of hydrogen-bond acceptors (Lipinski definition) is 1. The van der Waals surface area contributed by atoms with Crippen molar-refractivity contribution in [3.05, 3.63) is 0 Å². The lowest BCUT2D eigenvalue weighted by Gasteiger charge is -2.15. The Labute approximate surface area is 82.3 Å². The molecule has 0 aromatic heterocycles. The van der Waals surface area contributed by atoms with Crippen LogP contribution >= 0.6 is 0 Å². The number of rotatable bonds is 4. The third kappa shape index (κ3) is 4.84. The number of aliphatic hydroxyl groups excluding tert-OH is 1. The van der Waals surface area contributed by atoms with Crippen LogP contribution < -0.4 is 0 Å². The summed E-state index contributed by atoms with van der Waals surface area (Å²) in [5.41, 5.74) is 0. The molecule has 1 atom stereocenters. The maximum atomic E-state index is 11.8. The van der Waals surface area contributed by atoms with Gasteiger partial charge < -0.3 is 5.11 Å². The summed E-state index contributed by atoms with van der Waals surface area (Å²) in [6, 6.07) is 0. The molecule has 0 saturated heterocycles. The summed E-state index contributed by atoms with van der Waals surface area (Å²) in [7, 11) is 0. The molecule has 1 fully saturated rings. The van der Waals surface area contributed by atoms with Gasteiger partial charge in [0.15, 0.2) is 0 Å². The number of halogens is 3. The van der Waals surface area contributed by atoms with Crippen molar-refractivity contribution in [3.8, 4) is 0 Å². The first-order valence-electron chi connectivity index (χ1n) is 5.22. The lowest BCUT2D eigenvalue weighted by molar-refractivity contribution is -0.140. The van der Waals surface area contributed by atoms with Crippen LogP contribution in [0.1, 0.15) is 44.9 Å². The maximum absolute atomic E-state index is 11.8. The van der Waals surface area contributed by atoms with Gasteiger partial charge in [0.2, 0.25) is 0 Å². The van der Waals surface area contributed by atoms with E-state index in [-0.39, 0.29) is 6.42 Å². The standard InChI is InChI=1S/C10H17F3O/c11-10(12,13)6-5-9(14)7-8-3-1-2-4-8/h8-9,14H,1-7H2. The first kappa shape index (κ1) is 11.8. The lowest BCUT2D eigenvalue weighted by Crippen LogP contribution is -2.16. The predicted molar refractivity (Wildman–Crippen MR) is 47.9 cm³/mol. The Bertz CT molecular complexity index is 161. The summed E-state index contributed by atoms with van der Waals surface area (Å²) < 4.78 is 35.5. The summed E-state index contributed by atoms with van der Waals surface area (Å²) >= 11 is 0. The first-order chi connectivity index (χ1) is 6.47. The van der Waals surface area contributed by atoms with Gasteiger partial charge in [-0.1, -0.05) is 25.7 Å². The minimum Gasteiger partial charge on any atom is -0.393 e. The lowest BCUT2D eigenvalue weighted by atomic mass is 9.97. The van der Waals surface area contributed by atoms with E-state index >= 15 is 0 Å². The van der Waals surface area contributed by atoms with Gasteiger partial charge in [-0.3, -0.25) is 0 Å². The predicted octanol–water partition coefficient (Wildman–Crippen LogP) is 3.27. The van der Waals surface area contributed by atoms with Gasteiger partial charge in [-0.2, -0.15) is 13.2 Å². The highest BCUT2D eigenvalue weighted by molar-refractivity contribution is 4.71. The fourth-order valence-electron chi connectivity index (χ4n) is 2.08. The van der Waals surface area contributed by atoms with Crippen molar-refractivity contribution >= 4 is 0 Å². The SMILES string of the molecule is OC(CCC(F)(F)F)CC1CCCC1. The third-order valence-electron chi connectivity index (χ3n) is 2.84. The van der Waals surface area contributed by atoms with Crippen molar-refractivity contribution in [1.82, 2.24) is 0 Å². The van der Waals surface area contributed by atoms with E-state index in [1.807, 2.05) is 0 Å². The van der Waals surface area contributed by atoms with Crippen LogP contribution in [0.4, 0.5) is 13.2 Å². The van der Waals surface area contributed by atoms with Gasteiger partial charge in [0, 0.05) is 6.42 Å². The molecule has 14 heavy (non-hydrogen) atoms.